The number of hydrogen-bond donors (Lipinski definition) is 0. The van der Waals surface area contributed by atoms with E-state index in [1.807, 2.05) is 18.2 Å². The third-order valence-electron chi connectivity index (χ3n) is 4.38. The van der Waals surface area contributed by atoms with Gasteiger partial charge in [0, 0.05) is 12.0 Å². The minimum atomic E-state index is -1.98. The average molecular weight is 351 g/mol. The summed E-state index contributed by atoms with van der Waals surface area (Å²) in [5, 5.41) is 0.0859. The van der Waals surface area contributed by atoms with Gasteiger partial charge in [0.1, 0.15) is 5.75 Å². The molecule has 0 saturated heterocycles. The summed E-state index contributed by atoms with van der Waals surface area (Å²) in [7, 11) is -0.355. The molecule has 1 aromatic rings. The topological polar surface area (TPSA) is 44.8 Å². The summed E-state index contributed by atoms with van der Waals surface area (Å²) in [6, 6.07) is 5.72. The molecule has 0 aromatic heterocycles. The quantitative estimate of drug-likeness (QED) is 0.405. The van der Waals surface area contributed by atoms with E-state index in [9.17, 15) is 4.79 Å². The number of ether oxygens (including phenoxy) is 2. The first-order chi connectivity index (χ1) is 11.0. The zero-order valence-electron chi connectivity index (χ0n) is 16.0. The van der Waals surface area contributed by atoms with Gasteiger partial charge in [-0.15, -0.1) is 0 Å². The first kappa shape index (κ1) is 20.3. The lowest BCUT2D eigenvalue weighted by Gasteiger charge is -2.36. The molecule has 0 N–H and O–H groups in total. The number of rotatable bonds is 7. The van der Waals surface area contributed by atoms with Gasteiger partial charge in [-0.1, -0.05) is 33.4 Å². The van der Waals surface area contributed by atoms with Gasteiger partial charge in [0.25, 0.3) is 8.32 Å². The fraction of sp³-hybridized carbons (Fsp3) is 0.526. The van der Waals surface area contributed by atoms with Gasteiger partial charge in [0.2, 0.25) is 0 Å². The zero-order valence-corrected chi connectivity index (χ0v) is 17.0. The Kier molecular flexibility index (Phi) is 6.66. The maximum absolute atomic E-state index is 11.7. The molecule has 0 aliphatic carbocycles. The third-order valence-corrected chi connectivity index (χ3v) is 8.72. The maximum atomic E-state index is 11.7. The normalized spacial score (nSPS) is 11.8. The Bertz CT molecular complexity index is 600. The highest BCUT2D eigenvalue weighted by Crippen LogP contribution is 2.40. The van der Waals surface area contributed by atoms with Crippen molar-refractivity contribution in [3.05, 3.63) is 35.9 Å². The number of benzene rings is 1. The fourth-order valence-corrected chi connectivity index (χ4v) is 2.91. The molecule has 0 heterocycles. The fourth-order valence-electron chi connectivity index (χ4n) is 1.89. The highest BCUT2D eigenvalue weighted by Gasteiger charge is 2.39. The molecule has 0 fully saturated rings. The monoisotopic (exact) mass is 350 g/mol. The smallest absolute Gasteiger partial charge is 0.333 e. The molecular formula is C19H30O4Si. The predicted molar refractivity (Wildman–Crippen MR) is 100 cm³/mol. The van der Waals surface area contributed by atoms with Gasteiger partial charge in [-0.3, -0.25) is 0 Å². The van der Waals surface area contributed by atoms with E-state index in [4.69, 9.17) is 13.9 Å². The summed E-state index contributed by atoms with van der Waals surface area (Å²) in [4.78, 5) is 11.7. The Balaban J connectivity index is 3.05. The Morgan fingerprint density at radius 1 is 1.21 bits per heavy atom. The standard InChI is InChI=1S/C19H30O4Si/c1-9-22-18(20)14(2)12-15-10-11-16(21-6)17(13-15)23-24(7,8)19(3,4)5/h10-11,13H,2,9,12H2,1,3-8H3. The van der Waals surface area contributed by atoms with Crippen molar-refractivity contribution < 1.29 is 18.7 Å². The van der Waals surface area contributed by atoms with Crippen LogP contribution in [-0.4, -0.2) is 28.0 Å². The SMILES string of the molecule is C=C(Cc1ccc(OC)c(O[Si](C)(C)C(C)(C)C)c1)C(=O)OCC. The van der Waals surface area contributed by atoms with Gasteiger partial charge in [-0.05, 0) is 42.8 Å². The molecule has 0 amide bonds. The van der Waals surface area contributed by atoms with Crippen molar-refractivity contribution in [1.82, 2.24) is 0 Å². The molecule has 1 rings (SSSR count). The van der Waals surface area contributed by atoms with Crippen LogP contribution in [0.1, 0.15) is 33.3 Å². The van der Waals surface area contributed by atoms with E-state index in [1.165, 1.54) is 0 Å². The minimum Gasteiger partial charge on any atom is -0.541 e. The lowest BCUT2D eigenvalue weighted by Crippen LogP contribution is -2.43. The Labute approximate surface area is 146 Å². The second kappa shape index (κ2) is 7.88. The van der Waals surface area contributed by atoms with E-state index in [0.29, 0.717) is 24.4 Å². The second-order valence-electron chi connectivity index (χ2n) is 7.35. The Morgan fingerprint density at radius 3 is 2.33 bits per heavy atom. The lowest BCUT2D eigenvalue weighted by molar-refractivity contribution is -0.138. The summed E-state index contributed by atoms with van der Waals surface area (Å²) in [5.41, 5.74) is 1.38. The van der Waals surface area contributed by atoms with Crippen LogP contribution >= 0.6 is 0 Å². The average Bonchev–Trinajstić information content (AvgIpc) is 2.46. The molecule has 0 radical (unpaired) electrons. The van der Waals surface area contributed by atoms with Crippen molar-refractivity contribution in [1.29, 1.82) is 0 Å². The first-order valence-corrected chi connectivity index (χ1v) is 11.1. The van der Waals surface area contributed by atoms with Gasteiger partial charge in [0.15, 0.2) is 5.75 Å². The number of hydrogen-bond acceptors (Lipinski definition) is 4. The number of carbonyl (C=O) groups excluding carboxylic acids is 1. The van der Waals surface area contributed by atoms with Crippen molar-refractivity contribution >= 4 is 14.3 Å². The third kappa shape index (κ3) is 5.13. The van der Waals surface area contributed by atoms with E-state index in [2.05, 4.69) is 40.4 Å². The Hall–Kier alpha value is -1.75. The summed E-state index contributed by atoms with van der Waals surface area (Å²) < 4.78 is 16.8. The van der Waals surface area contributed by atoms with Crippen molar-refractivity contribution in [2.24, 2.45) is 0 Å². The van der Waals surface area contributed by atoms with E-state index in [-0.39, 0.29) is 11.0 Å². The zero-order chi connectivity index (χ0) is 18.5. The van der Waals surface area contributed by atoms with Crippen LogP contribution in [0.2, 0.25) is 18.1 Å². The van der Waals surface area contributed by atoms with Crippen LogP contribution in [-0.2, 0) is 16.0 Å². The lowest BCUT2D eigenvalue weighted by atomic mass is 10.1. The largest absolute Gasteiger partial charge is 0.541 e. The predicted octanol–water partition coefficient (Wildman–Crippen LogP) is 4.74. The molecule has 5 heteroatoms. The molecule has 1 aromatic carbocycles. The molecule has 0 spiro atoms. The van der Waals surface area contributed by atoms with Crippen LogP contribution in [0, 0.1) is 0 Å². The number of carbonyl (C=O) groups is 1. The van der Waals surface area contributed by atoms with E-state index < -0.39 is 8.32 Å². The highest BCUT2D eigenvalue weighted by atomic mass is 28.4. The molecule has 0 unspecified atom stereocenters. The van der Waals surface area contributed by atoms with Gasteiger partial charge < -0.3 is 13.9 Å². The van der Waals surface area contributed by atoms with E-state index >= 15 is 0 Å². The molecule has 134 valence electrons. The van der Waals surface area contributed by atoms with Crippen LogP contribution in [0.3, 0.4) is 0 Å². The van der Waals surface area contributed by atoms with E-state index in [1.54, 1.807) is 14.0 Å². The molecular weight excluding hydrogens is 320 g/mol. The van der Waals surface area contributed by atoms with Crippen LogP contribution in [0.15, 0.2) is 30.4 Å². The van der Waals surface area contributed by atoms with Crippen molar-refractivity contribution in [3.63, 3.8) is 0 Å². The molecule has 0 aliphatic rings. The molecule has 24 heavy (non-hydrogen) atoms. The first-order valence-electron chi connectivity index (χ1n) is 8.22. The number of esters is 1. The van der Waals surface area contributed by atoms with Crippen LogP contribution < -0.4 is 9.16 Å². The van der Waals surface area contributed by atoms with Gasteiger partial charge in [0.05, 0.1) is 13.7 Å². The Morgan fingerprint density at radius 2 is 1.83 bits per heavy atom. The van der Waals surface area contributed by atoms with Crippen LogP contribution in [0.25, 0.3) is 0 Å². The molecule has 4 nitrogen and oxygen atoms in total. The van der Waals surface area contributed by atoms with Crippen molar-refractivity contribution in [3.8, 4) is 11.5 Å². The van der Waals surface area contributed by atoms with Crippen LogP contribution in [0.4, 0.5) is 0 Å². The second-order valence-corrected chi connectivity index (χ2v) is 12.1. The molecule has 0 aliphatic heterocycles. The van der Waals surface area contributed by atoms with Gasteiger partial charge in [-0.2, -0.15) is 0 Å². The van der Waals surface area contributed by atoms with E-state index in [0.717, 1.165) is 11.3 Å². The minimum absolute atomic E-state index is 0.0859. The molecule has 0 bridgehead atoms. The highest BCUT2D eigenvalue weighted by molar-refractivity contribution is 6.74. The summed E-state index contributed by atoms with van der Waals surface area (Å²) in [6.07, 6.45) is 0.427. The van der Waals surface area contributed by atoms with Gasteiger partial charge >= 0.3 is 5.97 Å². The summed E-state index contributed by atoms with van der Waals surface area (Å²) >= 11 is 0. The molecule has 0 atom stereocenters. The maximum Gasteiger partial charge on any atom is 0.333 e. The van der Waals surface area contributed by atoms with Crippen molar-refractivity contribution in [2.45, 2.75) is 52.2 Å². The molecule has 0 saturated carbocycles. The summed E-state index contributed by atoms with van der Waals surface area (Å²) in [5.74, 6) is 1.06. The summed E-state index contributed by atoms with van der Waals surface area (Å²) in [6.45, 7) is 16.9. The van der Waals surface area contributed by atoms with Gasteiger partial charge in [-0.25, -0.2) is 4.79 Å². The number of methoxy groups -OCH3 is 1. The van der Waals surface area contributed by atoms with Crippen molar-refractivity contribution in [2.75, 3.05) is 13.7 Å². The van der Waals surface area contributed by atoms with Crippen LogP contribution in [0.5, 0.6) is 11.5 Å².